The van der Waals surface area contributed by atoms with Crippen molar-refractivity contribution in [3.05, 3.63) is 60.3 Å². The third kappa shape index (κ3) is 6.05. The highest BCUT2D eigenvalue weighted by Gasteiger charge is 2.31. The Hall–Kier alpha value is -3.39. The van der Waals surface area contributed by atoms with Crippen LogP contribution in [-0.2, 0) is 10.3 Å². The van der Waals surface area contributed by atoms with Gasteiger partial charge in [-0.25, -0.2) is 9.48 Å². The average Bonchev–Trinajstić information content (AvgIpc) is 3.28. The zero-order chi connectivity index (χ0) is 26.3. The quantitative estimate of drug-likeness (QED) is 0.495. The number of aliphatic hydroxyl groups excluding tert-OH is 1. The van der Waals surface area contributed by atoms with Crippen molar-refractivity contribution in [3.8, 4) is 11.3 Å². The minimum absolute atomic E-state index is 0.0844. The summed E-state index contributed by atoms with van der Waals surface area (Å²) in [6.45, 7) is 16.1. The Kier molecular flexibility index (Phi) is 9.09. The second-order valence-electron chi connectivity index (χ2n) is 10.00. The van der Waals surface area contributed by atoms with E-state index in [1.807, 2.05) is 51.1 Å². The predicted octanol–water partition coefficient (Wildman–Crippen LogP) is 4.78. The molecule has 194 valence electrons. The van der Waals surface area contributed by atoms with Gasteiger partial charge >= 0.3 is 6.09 Å². The number of ether oxygens (including phenoxy) is 1. The Morgan fingerprint density at radius 2 is 2.08 bits per heavy atom. The number of hydrogen-bond donors (Lipinski definition) is 2. The maximum absolute atomic E-state index is 12.2. The number of alkyl carbamates (subject to hydrolysis) is 1. The Bertz CT molecular complexity index is 1130. The van der Waals surface area contributed by atoms with Crippen LogP contribution < -0.4 is 10.2 Å². The average molecular weight is 494 g/mol. The van der Waals surface area contributed by atoms with Crippen LogP contribution in [0.25, 0.3) is 16.8 Å². The van der Waals surface area contributed by atoms with Crippen LogP contribution in [0.2, 0.25) is 0 Å². The van der Waals surface area contributed by atoms with Crippen molar-refractivity contribution in [2.75, 3.05) is 37.7 Å². The lowest BCUT2D eigenvalue weighted by Gasteiger charge is -2.31. The number of aliphatic hydroxyl groups is 1. The topological polar surface area (TPSA) is 92.5 Å². The van der Waals surface area contributed by atoms with Gasteiger partial charge in [-0.3, -0.25) is 0 Å². The molecule has 36 heavy (non-hydrogen) atoms. The molecule has 1 aliphatic heterocycles. The maximum Gasteiger partial charge on any atom is 0.407 e. The fourth-order valence-electron chi connectivity index (χ4n) is 4.18. The van der Waals surface area contributed by atoms with Gasteiger partial charge < -0.3 is 20.1 Å². The summed E-state index contributed by atoms with van der Waals surface area (Å²) in [5.74, 6) is 0.483. The largest absolute Gasteiger partial charge is 0.450 e. The summed E-state index contributed by atoms with van der Waals surface area (Å²) in [4.78, 5) is 14.4. The van der Waals surface area contributed by atoms with E-state index < -0.39 is 11.6 Å². The van der Waals surface area contributed by atoms with Gasteiger partial charge in [-0.2, -0.15) is 0 Å². The summed E-state index contributed by atoms with van der Waals surface area (Å²) in [5.41, 5.74) is 4.79. The smallest absolute Gasteiger partial charge is 0.407 e. The molecule has 8 nitrogen and oxygen atoms in total. The van der Waals surface area contributed by atoms with E-state index in [0.29, 0.717) is 32.2 Å². The molecule has 1 aliphatic rings. The van der Waals surface area contributed by atoms with Gasteiger partial charge in [0.2, 0.25) is 0 Å². The van der Waals surface area contributed by atoms with Crippen molar-refractivity contribution in [3.63, 3.8) is 0 Å². The van der Waals surface area contributed by atoms with Crippen molar-refractivity contribution in [1.82, 2.24) is 20.3 Å². The van der Waals surface area contributed by atoms with Crippen LogP contribution in [-0.4, -0.2) is 59.0 Å². The molecule has 0 bridgehead atoms. The first-order chi connectivity index (χ1) is 17.2. The number of para-hydroxylation sites is 1. The summed E-state index contributed by atoms with van der Waals surface area (Å²) in [6, 6.07) is 8.06. The Morgan fingerprint density at radius 1 is 1.33 bits per heavy atom. The molecule has 3 rings (SSSR count). The number of allylic oxidation sites excluding steroid dienone is 3. The first-order valence-electron chi connectivity index (χ1n) is 12.5. The molecule has 0 atom stereocenters. The van der Waals surface area contributed by atoms with Crippen LogP contribution >= 0.6 is 0 Å². The summed E-state index contributed by atoms with van der Waals surface area (Å²) < 4.78 is 7.09. The third-order valence-corrected chi connectivity index (χ3v) is 6.24. The molecule has 2 aromatic rings. The molecular formula is C28H39N5O3. The van der Waals surface area contributed by atoms with E-state index in [1.165, 1.54) is 0 Å². The van der Waals surface area contributed by atoms with Crippen LogP contribution in [0, 0.1) is 5.92 Å². The molecule has 0 saturated carbocycles. The van der Waals surface area contributed by atoms with Crippen LogP contribution in [0.4, 0.5) is 10.5 Å². The van der Waals surface area contributed by atoms with Gasteiger partial charge in [0, 0.05) is 36.5 Å². The molecule has 0 aliphatic carbocycles. The number of carbonyl (C=O) groups excluding carboxylic acids is 1. The zero-order valence-electron chi connectivity index (χ0n) is 22.1. The Labute approximate surface area is 214 Å². The van der Waals surface area contributed by atoms with Gasteiger partial charge in [0.05, 0.1) is 24.4 Å². The summed E-state index contributed by atoms with van der Waals surface area (Å²) in [5, 5.41) is 22.0. The number of nitrogens with zero attached hydrogens (tertiary/aromatic N) is 4. The molecule has 1 aromatic carbocycles. The van der Waals surface area contributed by atoms with Crippen molar-refractivity contribution in [1.29, 1.82) is 0 Å². The normalized spacial score (nSPS) is 15.9. The molecule has 1 amide bonds. The highest BCUT2D eigenvalue weighted by molar-refractivity contribution is 5.90. The number of anilines is 1. The van der Waals surface area contributed by atoms with Crippen molar-refractivity contribution in [2.24, 2.45) is 5.92 Å². The zero-order valence-corrected chi connectivity index (χ0v) is 22.1. The number of benzene rings is 1. The van der Waals surface area contributed by atoms with E-state index >= 15 is 0 Å². The number of hydrogen-bond acceptors (Lipinski definition) is 6. The number of amides is 1. The molecule has 8 heteroatoms. The highest BCUT2D eigenvalue weighted by atomic mass is 16.5. The number of carbonyl (C=O) groups is 1. The number of rotatable bonds is 10. The van der Waals surface area contributed by atoms with Crippen LogP contribution in [0.1, 0.15) is 46.7 Å². The molecule has 0 spiro atoms. The van der Waals surface area contributed by atoms with E-state index in [1.54, 1.807) is 4.68 Å². The molecule has 2 N–H and O–H groups in total. The lowest BCUT2D eigenvalue weighted by molar-refractivity contribution is 0.141. The second kappa shape index (κ2) is 12.0. The number of aromatic nitrogens is 3. The van der Waals surface area contributed by atoms with E-state index in [2.05, 4.69) is 53.1 Å². The molecule has 0 saturated heterocycles. The SMILES string of the molecule is C=C/C1=C(\C=C/C)CN(CCNC(=O)OCCC(C)C)c2ccccc2-c2nnn(C(C)(C)CO)c21. The lowest BCUT2D eigenvalue weighted by Crippen LogP contribution is -2.37. The van der Waals surface area contributed by atoms with Gasteiger partial charge in [0.1, 0.15) is 5.69 Å². The van der Waals surface area contributed by atoms with Crippen LogP contribution in [0.3, 0.4) is 0 Å². The summed E-state index contributed by atoms with van der Waals surface area (Å²) in [6.07, 6.45) is 6.34. The van der Waals surface area contributed by atoms with E-state index in [-0.39, 0.29) is 6.61 Å². The highest BCUT2D eigenvalue weighted by Crippen LogP contribution is 2.40. The Morgan fingerprint density at radius 3 is 2.75 bits per heavy atom. The number of nitrogens with one attached hydrogen (secondary N) is 1. The van der Waals surface area contributed by atoms with E-state index in [4.69, 9.17) is 4.74 Å². The van der Waals surface area contributed by atoms with Gasteiger partial charge in [-0.15, -0.1) is 5.10 Å². The molecule has 2 heterocycles. The predicted molar refractivity (Wildman–Crippen MR) is 145 cm³/mol. The molecule has 0 fully saturated rings. The fraction of sp³-hybridized carbons (Fsp3) is 0.464. The summed E-state index contributed by atoms with van der Waals surface area (Å²) >= 11 is 0. The van der Waals surface area contributed by atoms with Crippen LogP contribution in [0.15, 0.2) is 54.6 Å². The summed E-state index contributed by atoms with van der Waals surface area (Å²) in [7, 11) is 0. The first kappa shape index (κ1) is 27.2. The first-order valence-corrected chi connectivity index (χ1v) is 12.5. The molecule has 0 radical (unpaired) electrons. The van der Waals surface area contributed by atoms with Crippen molar-refractivity contribution < 1.29 is 14.6 Å². The standard InChI is InChI=1S/C28H39N5O3/c1-7-11-21-18-32(16-15-29-27(35)36-17-14-20(3)4)24-13-10-9-12-23(24)25-26(22(21)8-2)33(31-30-25)28(5,6)19-34/h7-13,20,34H,2,14-19H2,1,3-6H3,(H,29,35)/b11-7-,22-21-. The monoisotopic (exact) mass is 493 g/mol. The minimum Gasteiger partial charge on any atom is -0.450 e. The van der Waals surface area contributed by atoms with Crippen LogP contribution in [0.5, 0.6) is 0 Å². The van der Waals surface area contributed by atoms with Gasteiger partial charge in [-0.05, 0) is 44.7 Å². The molecule has 0 unspecified atom stereocenters. The van der Waals surface area contributed by atoms with Gasteiger partial charge in [0.15, 0.2) is 0 Å². The third-order valence-electron chi connectivity index (χ3n) is 6.24. The Balaban J connectivity index is 2.00. The van der Waals surface area contributed by atoms with E-state index in [0.717, 1.165) is 40.2 Å². The minimum atomic E-state index is -0.649. The molecule has 1 aromatic heterocycles. The number of fused-ring (bicyclic) bond motifs is 3. The lowest BCUT2D eigenvalue weighted by atomic mass is 9.94. The van der Waals surface area contributed by atoms with Crippen molar-refractivity contribution in [2.45, 2.75) is 46.6 Å². The van der Waals surface area contributed by atoms with Crippen molar-refractivity contribution >= 4 is 17.4 Å². The van der Waals surface area contributed by atoms with Gasteiger partial charge in [-0.1, -0.05) is 62.1 Å². The maximum atomic E-state index is 12.2. The van der Waals surface area contributed by atoms with E-state index in [9.17, 15) is 9.90 Å². The van der Waals surface area contributed by atoms with Gasteiger partial charge in [0.25, 0.3) is 0 Å². The second-order valence-corrected chi connectivity index (χ2v) is 10.00. The fourth-order valence-corrected chi connectivity index (χ4v) is 4.18. The molecular weight excluding hydrogens is 454 g/mol.